The zero-order valence-corrected chi connectivity index (χ0v) is 10.6. The minimum Gasteiger partial charge on any atom is -0.449 e. The lowest BCUT2D eigenvalue weighted by Gasteiger charge is -2.13. The summed E-state index contributed by atoms with van der Waals surface area (Å²) in [4.78, 5) is 0. The Kier molecular flexibility index (Phi) is 4.01. The van der Waals surface area contributed by atoms with Gasteiger partial charge in [-0.3, -0.25) is 0 Å². The van der Waals surface area contributed by atoms with E-state index >= 15 is 0 Å². The molecule has 0 amide bonds. The monoisotopic (exact) mass is 266 g/mol. The van der Waals surface area contributed by atoms with Crippen molar-refractivity contribution in [1.82, 2.24) is 4.31 Å². The minimum atomic E-state index is -3.46. The Labute approximate surface area is 101 Å². The first kappa shape index (κ1) is 13.5. The quantitative estimate of drug-likeness (QED) is 0.856. The summed E-state index contributed by atoms with van der Waals surface area (Å²) < 4.78 is 30.4. The highest BCUT2D eigenvalue weighted by Crippen LogP contribution is 2.21. The first-order valence-corrected chi connectivity index (χ1v) is 6.26. The van der Waals surface area contributed by atoms with Gasteiger partial charge in [-0.25, -0.2) is 8.42 Å². The van der Waals surface area contributed by atoms with Gasteiger partial charge in [0.25, 0.3) is 10.0 Å². The largest absolute Gasteiger partial charge is 0.449 e. The molecule has 0 aromatic carbocycles. The van der Waals surface area contributed by atoms with E-state index in [1.165, 1.54) is 10.4 Å². The molecule has 0 bridgehead atoms. The van der Waals surface area contributed by atoms with Crippen LogP contribution in [0, 0.1) is 6.92 Å². The van der Waals surface area contributed by atoms with Crippen molar-refractivity contribution < 1.29 is 12.8 Å². The van der Waals surface area contributed by atoms with Crippen LogP contribution >= 0.6 is 12.4 Å². The molecule has 5 nitrogen and oxygen atoms in total. The lowest BCUT2D eigenvalue weighted by Crippen LogP contribution is -2.31. The molecule has 0 aliphatic carbocycles. The van der Waals surface area contributed by atoms with E-state index in [0.29, 0.717) is 25.3 Å². The molecule has 7 heteroatoms. The third kappa shape index (κ3) is 2.40. The summed E-state index contributed by atoms with van der Waals surface area (Å²) in [6.07, 6.45) is 0.707. The fraction of sp³-hybridized carbons (Fsp3) is 0.556. The summed E-state index contributed by atoms with van der Waals surface area (Å²) in [5, 5.41) is 0.00843. The van der Waals surface area contributed by atoms with Gasteiger partial charge in [0.2, 0.25) is 5.09 Å². The van der Waals surface area contributed by atoms with Gasteiger partial charge in [0.1, 0.15) is 5.76 Å². The SMILES string of the molecule is Cc1ccc(S(=O)(=O)N2CC[C@@H](N)C2)o1.Cl. The standard InChI is InChI=1S/C9H14N2O3S.ClH/c1-7-2-3-9(14-7)15(12,13)11-5-4-8(10)6-11;/h2-3,8H,4-6,10H2,1H3;1H/t8-;/m1./s1. The molecule has 92 valence electrons. The average molecular weight is 267 g/mol. The van der Waals surface area contributed by atoms with Crippen molar-refractivity contribution in [1.29, 1.82) is 0 Å². The van der Waals surface area contributed by atoms with Crippen LogP contribution in [0.2, 0.25) is 0 Å². The van der Waals surface area contributed by atoms with Crippen molar-refractivity contribution >= 4 is 22.4 Å². The predicted octanol–water partition coefficient (Wildman–Crippen LogP) is 0.732. The third-order valence-corrected chi connectivity index (χ3v) is 4.24. The van der Waals surface area contributed by atoms with Crippen LogP contribution in [-0.4, -0.2) is 31.9 Å². The first-order valence-electron chi connectivity index (χ1n) is 4.82. The molecule has 2 heterocycles. The van der Waals surface area contributed by atoms with Crippen molar-refractivity contribution in [2.24, 2.45) is 5.73 Å². The molecule has 0 radical (unpaired) electrons. The van der Waals surface area contributed by atoms with E-state index in [9.17, 15) is 8.42 Å². The maximum Gasteiger partial charge on any atom is 0.276 e. The molecular weight excluding hydrogens is 252 g/mol. The molecule has 1 aromatic rings. The molecule has 1 aromatic heterocycles. The van der Waals surface area contributed by atoms with Gasteiger partial charge in [-0.1, -0.05) is 0 Å². The fourth-order valence-corrected chi connectivity index (χ4v) is 3.11. The Morgan fingerprint density at radius 2 is 2.19 bits per heavy atom. The maximum atomic E-state index is 12.0. The van der Waals surface area contributed by atoms with Crippen molar-refractivity contribution in [2.75, 3.05) is 13.1 Å². The number of hydrogen-bond donors (Lipinski definition) is 1. The number of halogens is 1. The average Bonchev–Trinajstić information content (AvgIpc) is 2.74. The van der Waals surface area contributed by atoms with Crippen LogP contribution in [0.15, 0.2) is 21.6 Å². The molecular formula is C9H15ClN2O3S. The van der Waals surface area contributed by atoms with E-state index in [4.69, 9.17) is 10.2 Å². The normalized spacial score (nSPS) is 22.0. The van der Waals surface area contributed by atoms with Gasteiger partial charge in [-0.2, -0.15) is 4.31 Å². The molecule has 0 spiro atoms. The number of nitrogens with two attached hydrogens (primary N) is 1. The zero-order valence-electron chi connectivity index (χ0n) is 8.92. The van der Waals surface area contributed by atoms with E-state index in [1.54, 1.807) is 13.0 Å². The minimum absolute atomic E-state index is 0. The number of sulfonamides is 1. The van der Waals surface area contributed by atoms with Crippen molar-refractivity contribution in [2.45, 2.75) is 24.5 Å². The highest BCUT2D eigenvalue weighted by Gasteiger charge is 2.32. The Bertz CT molecular complexity index is 457. The van der Waals surface area contributed by atoms with Crippen molar-refractivity contribution in [3.63, 3.8) is 0 Å². The topological polar surface area (TPSA) is 76.5 Å². The summed E-state index contributed by atoms with van der Waals surface area (Å²) in [6.45, 7) is 2.57. The summed E-state index contributed by atoms with van der Waals surface area (Å²) in [5.41, 5.74) is 5.67. The molecule has 1 aliphatic heterocycles. The van der Waals surface area contributed by atoms with Gasteiger partial charge in [-0.05, 0) is 25.5 Å². The predicted molar refractivity (Wildman–Crippen MR) is 62.0 cm³/mol. The third-order valence-electron chi connectivity index (χ3n) is 2.50. The Morgan fingerprint density at radius 1 is 1.50 bits per heavy atom. The second kappa shape index (κ2) is 4.75. The molecule has 1 atom stereocenters. The second-order valence-corrected chi connectivity index (χ2v) is 5.65. The number of hydrogen-bond acceptors (Lipinski definition) is 4. The van der Waals surface area contributed by atoms with Gasteiger partial charge in [-0.15, -0.1) is 12.4 Å². The van der Waals surface area contributed by atoms with Crippen LogP contribution in [0.1, 0.15) is 12.2 Å². The van der Waals surface area contributed by atoms with Crippen LogP contribution in [0.4, 0.5) is 0 Å². The molecule has 0 saturated carbocycles. The fourth-order valence-electron chi connectivity index (χ4n) is 1.65. The lowest BCUT2D eigenvalue weighted by atomic mass is 10.3. The molecule has 1 aliphatic rings. The summed E-state index contributed by atoms with van der Waals surface area (Å²) in [5.74, 6) is 0.595. The van der Waals surface area contributed by atoms with E-state index in [1.807, 2.05) is 0 Å². The van der Waals surface area contributed by atoms with Gasteiger partial charge >= 0.3 is 0 Å². The number of nitrogens with zero attached hydrogens (tertiary/aromatic N) is 1. The Hall–Kier alpha value is -0.560. The van der Waals surface area contributed by atoms with Crippen LogP contribution in [0.5, 0.6) is 0 Å². The van der Waals surface area contributed by atoms with E-state index in [2.05, 4.69) is 0 Å². The van der Waals surface area contributed by atoms with Crippen LogP contribution in [-0.2, 0) is 10.0 Å². The van der Waals surface area contributed by atoms with E-state index < -0.39 is 10.0 Å². The molecule has 2 N–H and O–H groups in total. The zero-order chi connectivity index (χ0) is 11.1. The van der Waals surface area contributed by atoms with Crippen LogP contribution in [0.3, 0.4) is 0 Å². The number of rotatable bonds is 2. The van der Waals surface area contributed by atoms with E-state index in [-0.39, 0.29) is 23.5 Å². The summed E-state index contributed by atoms with van der Waals surface area (Å²) >= 11 is 0. The van der Waals surface area contributed by atoms with Crippen molar-refractivity contribution in [3.05, 3.63) is 17.9 Å². The highest BCUT2D eigenvalue weighted by molar-refractivity contribution is 7.89. The highest BCUT2D eigenvalue weighted by atomic mass is 35.5. The Morgan fingerprint density at radius 3 is 2.62 bits per heavy atom. The molecule has 2 rings (SSSR count). The maximum absolute atomic E-state index is 12.0. The second-order valence-electron chi connectivity index (χ2n) is 3.78. The van der Waals surface area contributed by atoms with Gasteiger partial charge in [0.15, 0.2) is 0 Å². The molecule has 0 unspecified atom stereocenters. The number of furan rings is 1. The van der Waals surface area contributed by atoms with Gasteiger partial charge < -0.3 is 10.2 Å². The summed E-state index contributed by atoms with van der Waals surface area (Å²) in [7, 11) is -3.46. The van der Waals surface area contributed by atoms with Gasteiger partial charge in [0, 0.05) is 19.1 Å². The first-order chi connectivity index (χ1) is 7.00. The number of aryl methyl sites for hydroxylation is 1. The molecule has 1 fully saturated rings. The molecule has 1 saturated heterocycles. The smallest absolute Gasteiger partial charge is 0.276 e. The summed E-state index contributed by atoms with van der Waals surface area (Å²) in [6, 6.07) is 3.06. The van der Waals surface area contributed by atoms with Crippen LogP contribution in [0.25, 0.3) is 0 Å². The van der Waals surface area contributed by atoms with Crippen LogP contribution < -0.4 is 5.73 Å². The van der Waals surface area contributed by atoms with Gasteiger partial charge in [0.05, 0.1) is 0 Å². The molecule has 16 heavy (non-hydrogen) atoms. The Balaban J connectivity index is 0.00000128. The van der Waals surface area contributed by atoms with Crippen molar-refractivity contribution in [3.8, 4) is 0 Å². The van der Waals surface area contributed by atoms with E-state index in [0.717, 1.165) is 0 Å². The lowest BCUT2D eigenvalue weighted by molar-refractivity contribution is 0.397.